The van der Waals surface area contributed by atoms with E-state index in [1.807, 2.05) is 50.4 Å². The average molecular weight is 506 g/mol. The summed E-state index contributed by atoms with van der Waals surface area (Å²) < 4.78 is 29.4. The van der Waals surface area contributed by atoms with E-state index in [4.69, 9.17) is 16.6 Å². The third-order valence-corrected chi connectivity index (χ3v) is 8.10. The highest BCUT2D eigenvalue weighted by atomic mass is 35.5. The lowest BCUT2D eigenvalue weighted by Crippen LogP contribution is -2.13. The fourth-order valence-corrected chi connectivity index (χ4v) is 6.54. The van der Waals surface area contributed by atoms with Crippen LogP contribution >= 0.6 is 22.9 Å². The molecule has 0 spiro atoms. The van der Waals surface area contributed by atoms with Crippen LogP contribution in [0.3, 0.4) is 0 Å². The standard InChI is InChI=1S/C26H20ClN3O2S2/c1-16-6-3-7-18(12-16)23-24-22(30-34(31,32)21-10-4-9-20(27)14-21)13-17(2)29-26(24)33-25(23)19-8-5-11-28-15-19/h3-15H,1-2H3,(H,29,30). The van der Waals surface area contributed by atoms with Gasteiger partial charge < -0.3 is 0 Å². The second kappa shape index (κ2) is 8.83. The van der Waals surface area contributed by atoms with Crippen LogP contribution < -0.4 is 4.72 Å². The molecule has 0 amide bonds. The topological polar surface area (TPSA) is 72.0 Å². The summed E-state index contributed by atoms with van der Waals surface area (Å²) in [5.74, 6) is 0. The maximum atomic E-state index is 13.3. The van der Waals surface area contributed by atoms with Crippen LogP contribution in [0.15, 0.2) is 84.0 Å². The van der Waals surface area contributed by atoms with Crippen molar-refractivity contribution in [3.05, 3.63) is 95.4 Å². The van der Waals surface area contributed by atoms with Gasteiger partial charge in [-0.3, -0.25) is 9.71 Å². The van der Waals surface area contributed by atoms with Crippen molar-refractivity contribution in [2.75, 3.05) is 4.72 Å². The molecule has 0 fully saturated rings. The van der Waals surface area contributed by atoms with Crippen molar-refractivity contribution in [2.24, 2.45) is 0 Å². The minimum atomic E-state index is -3.88. The van der Waals surface area contributed by atoms with Crippen LogP contribution in [0.2, 0.25) is 5.02 Å². The molecule has 0 radical (unpaired) electrons. The smallest absolute Gasteiger partial charge is 0.261 e. The largest absolute Gasteiger partial charge is 0.279 e. The van der Waals surface area contributed by atoms with Gasteiger partial charge in [0.2, 0.25) is 0 Å². The van der Waals surface area contributed by atoms with Gasteiger partial charge in [0.15, 0.2) is 0 Å². The number of aromatic nitrogens is 2. The Balaban J connectivity index is 1.79. The van der Waals surface area contributed by atoms with E-state index < -0.39 is 10.0 Å². The van der Waals surface area contributed by atoms with E-state index in [1.54, 1.807) is 24.4 Å². The summed E-state index contributed by atoms with van der Waals surface area (Å²) in [7, 11) is -3.88. The third kappa shape index (κ3) is 4.30. The van der Waals surface area contributed by atoms with Crippen LogP contribution in [0.4, 0.5) is 5.69 Å². The number of rotatable bonds is 5. The van der Waals surface area contributed by atoms with Gasteiger partial charge in [0, 0.05) is 44.5 Å². The zero-order chi connectivity index (χ0) is 23.9. The van der Waals surface area contributed by atoms with Gasteiger partial charge in [-0.05, 0) is 49.7 Å². The molecule has 3 heterocycles. The van der Waals surface area contributed by atoms with Gasteiger partial charge in [-0.1, -0.05) is 53.6 Å². The van der Waals surface area contributed by atoms with Gasteiger partial charge in [0.1, 0.15) is 4.83 Å². The maximum Gasteiger partial charge on any atom is 0.261 e. The first-order chi connectivity index (χ1) is 16.3. The Bertz CT molecular complexity index is 1630. The van der Waals surface area contributed by atoms with Crippen LogP contribution in [0.25, 0.3) is 31.8 Å². The fraction of sp³-hybridized carbons (Fsp3) is 0.0769. The van der Waals surface area contributed by atoms with Crippen molar-refractivity contribution in [1.29, 1.82) is 0 Å². The molecule has 3 aromatic heterocycles. The van der Waals surface area contributed by atoms with E-state index in [9.17, 15) is 8.42 Å². The zero-order valence-electron chi connectivity index (χ0n) is 18.4. The lowest BCUT2D eigenvalue weighted by Gasteiger charge is -2.13. The SMILES string of the molecule is Cc1cccc(-c2c(-c3cccnc3)sc3nc(C)cc(NS(=O)(=O)c4cccc(Cl)c4)c23)c1. The second-order valence-electron chi connectivity index (χ2n) is 7.97. The van der Waals surface area contributed by atoms with Crippen molar-refractivity contribution < 1.29 is 8.42 Å². The van der Waals surface area contributed by atoms with E-state index in [0.717, 1.165) is 37.3 Å². The predicted octanol–water partition coefficient (Wildman–Crippen LogP) is 7.10. The molecular formula is C26H20ClN3O2S2. The van der Waals surface area contributed by atoms with Crippen molar-refractivity contribution in [3.63, 3.8) is 0 Å². The number of hydrogen-bond acceptors (Lipinski definition) is 5. The molecule has 170 valence electrons. The number of sulfonamides is 1. The number of pyridine rings is 2. The molecule has 2 aromatic carbocycles. The average Bonchev–Trinajstić information content (AvgIpc) is 3.19. The summed E-state index contributed by atoms with van der Waals surface area (Å²) in [6.45, 7) is 3.89. The number of fused-ring (bicyclic) bond motifs is 1. The molecule has 5 aromatic rings. The summed E-state index contributed by atoms with van der Waals surface area (Å²) in [5.41, 5.74) is 5.15. The highest BCUT2D eigenvalue weighted by Crippen LogP contribution is 2.47. The predicted molar refractivity (Wildman–Crippen MR) is 140 cm³/mol. The first kappa shape index (κ1) is 22.5. The van der Waals surface area contributed by atoms with E-state index in [2.05, 4.69) is 15.8 Å². The number of benzene rings is 2. The number of anilines is 1. The molecule has 0 bridgehead atoms. The van der Waals surface area contributed by atoms with E-state index in [-0.39, 0.29) is 4.90 Å². The van der Waals surface area contributed by atoms with Gasteiger partial charge in [0.25, 0.3) is 10.0 Å². The molecule has 0 saturated carbocycles. The quantitative estimate of drug-likeness (QED) is 0.276. The number of halogens is 1. The van der Waals surface area contributed by atoms with Gasteiger partial charge in [-0.25, -0.2) is 13.4 Å². The first-order valence-electron chi connectivity index (χ1n) is 10.5. The van der Waals surface area contributed by atoms with Crippen molar-refractivity contribution in [3.8, 4) is 21.6 Å². The van der Waals surface area contributed by atoms with Crippen LogP contribution in [0, 0.1) is 13.8 Å². The molecule has 0 saturated heterocycles. The molecule has 0 aliphatic carbocycles. The van der Waals surface area contributed by atoms with Crippen LogP contribution in [0.1, 0.15) is 11.3 Å². The van der Waals surface area contributed by atoms with Crippen molar-refractivity contribution in [1.82, 2.24) is 9.97 Å². The lowest BCUT2D eigenvalue weighted by atomic mass is 9.98. The molecule has 5 nitrogen and oxygen atoms in total. The minimum Gasteiger partial charge on any atom is -0.279 e. The summed E-state index contributed by atoms with van der Waals surface area (Å²) >= 11 is 7.58. The molecule has 0 unspecified atom stereocenters. The Hall–Kier alpha value is -3.26. The van der Waals surface area contributed by atoms with Gasteiger partial charge in [0.05, 0.1) is 10.6 Å². The fourth-order valence-electron chi connectivity index (χ4n) is 3.92. The Morgan fingerprint density at radius 1 is 0.941 bits per heavy atom. The lowest BCUT2D eigenvalue weighted by molar-refractivity contribution is 0.601. The molecule has 0 aliphatic rings. The molecule has 8 heteroatoms. The number of aryl methyl sites for hydroxylation is 2. The summed E-state index contributed by atoms with van der Waals surface area (Å²) in [5, 5.41) is 1.11. The molecule has 0 atom stereocenters. The van der Waals surface area contributed by atoms with Crippen LogP contribution in [-0.4, -0.2) is 18.4 Å². The van der Waals surface area contributed by atoms with E-state index >= 15 is 0 Å². The minimum absolute atomic E-state index is 0.0995. The first-order valence-corrected chi connectivity index (χ1v) is 13.2. The Labute approximate surface area is 207 Å². The molecule has 5 rings (SSSR count). The summed E-state index contributed by atoms with van der Waals surface area (Å²) in [6.07, 6.45) is 3.54. The monoisotopic (exact) mass is 505 g/mol. The Kier molecular flexibility index (Phi) is 5.85. The molecule has 0 aliphatic heterocycles. The van der Waals surface area contributed by atoms with Gasteiger partial charge in [-0.15, -0.1) is 11.3 Å². The van der Waals surface area contributed by atoms with Crippen molar-refractivity contribution in [2.45, 2.75) is 18.7 Å². The number of thiophene rings is 1. The normalized spacial score (nSPS) is 11.6. The highest BCUT2D eigenvalue weighted by Gasteiger charge is 2.23. The van der Waals surface area contributed by atoms with Crippen molar-refractivity contribution >= 4 is 48.9 Å². The molecule has 1 N–H and O–H groups in total. The zero-order valence-corrected chi connectivity index (χ0v) is 20.8. The Morgan fingerprint density at radius 3 is 2.47 bits per heavy atom. The number of hydrogen-bond donors (Lipinski definition) is 1. The summed E-state index contributed by atoms with van der Waals surface area (Å²) in [6, 6.07) is 20.0. The third-order valence-electron chi connectivity index (χ3n) is 5.37. The number of nitrogens with zero attached hydrogens (tertiary/aromatic N) is 2. The van der Waals surface area contributed by atoms with E-state index in [1.165, 1.54) is 23.5 Å². The Morgan fingerprint density at radius 2 is 1.74 bits per heavy atom. The van der Waals surface area contributed by atoms with Gasteiger partial charge in [-0.2, -0.15) is 0 Å². The second-order valence-corrected chi connectivity index (χ2v) is 11.1. The maximum absolute atomic E-state index is 13.3. The van der Waals surface area contributed by atoms with Crippen LogP contribution in [-0.2, 0) is 10.0 Å². The highest BCUT2D eigenvalue weighted by molar-refractivity contribution is 7.92. The van der Waals surface area contributed by atoms with Crippen LogP contribution in [0.5, 0.6) is 0 Å². The van der Waals surface area contributed by atoms with E-state index in [0.29, 0.717) is 16.4 Å². The summed E-state index contributed by atoms with van der Waals surface area (Å²) in [4.78, 5) is 10.9. The van der Waals surface area contributed by atoms with Gasteiger partial charge >= 0.3 is 0 Å². The molecule has 34 heavy (non-hydrogen) atoms. The molecular weight excluding hydrogens is 486 g/mol. The number of nitrogens with one attached hydrogen (secondary N) is 1.